The molecule has 0 radical (unpaired) electrons. The summed E-state index contributed by atoms with van der Waals surface area (Å²) in [6.45, 7) is 4.32. The number of sulfone groups is 1. The van der Waals surface area contributed by atoms with Crippen LogP contribution in [0.4, 0.5) is 18.9 Å². The van der Waals surface area contributed by atoms with Gasteiger partial charge in [-0.1, -0.05) is 49.4 Å². The average molecular weight is 654 g/mol. The number of hydrogen-bond donors (Lipinski definition) is 2. The number of halogens is 3. The van der Waals surface area contributed by atoms with E-state index in [-0.39, 0.29) is 47.0 Å². The van der Waals surface area contributed by atoms with E-state index in [1.54, 1.807) is 36.4 Å². The van der Waals surface area contributed by atoms with Gasteiger partial charge in [0.25, 0.3) is 0 Å². The molecule has 46 heavy (non-hydrogen) atoms. The fraction of sp³-hybridized carbons (Fsp3) is 0.314. The lowest BCUT2D eigenvalue weighted by Gasteiger charge is -2.31. The van der Waals surface area contributed by atoms with Crippen molar-refractivity contribution in [3.8, 4) is 0 Å². The van der Waals surface area contributed by atoms with Crippen LogP contribution in [0.1, 0.15) is 55.9 Å². The molecule has 0 unspecified atom stereocenters. The predicted molar refractivity (Wildman–Crippen MR) is 176 cm³/mol. The number of aryl methyl sites for hydroxylation is 1. The first-order valence-corrected chi connectivity index (χ1v) is 16.3. The quantitative estimate of drug-likeness (QED) is 0.189. The Morgan fingerprint density at radius 1 is 1.02 bits per heavy atom. The van der Waals surface area contributed by atoms with Crippen LogP contribution in [0.15, 0.2) is 88.6 Å². The maximum absolute atomic E-state index is 13.7. The molecular weight excluding hydrogens is 615 g/mol. The SMILES string of the molecule is C.Cc1ccc(CS(=O)(=O)c2ccc(/C=C/C(=O)NCC[C@H]3CC[C@@H](C)N3c3ccc4[nH]c(=O)cc(C(F)(F)F)c4c3)cc2)cc1. The van der Waals surface area contributed by atoms with Crippen molar-refractivity contribution in [2.75, 3.05) is 11.4 Å². The molecule has 5 rings (SSSR count). The number of pyridine rings is 1. The summed E-state index contributed by atoms with van der Waals surface area (Å²) in [7, 11) is -3.52. The molecule has 1 aliphatic heterocycles. The highest BCUT2D eigenvalue weighted by atomic mass is 32.2. The fourth-order valence-corrected chi connectivity index (χ4v) is 7.17. The molecule has 0 aliphatic carbocycles. The third-order valence-electron chi connectivity index (χ3n) is 8.14. The summed E-state index contributed by atoms with van der Waals surface area (Å²) < 4.78 is 66.7. The summed E-state index contributed by atoms with van der Waals surface area (Å²) in [5.41, 5.74) is 1.42. The molecule has 244 valence electrons. The van der Waals surface area contributed by atoms with Gasteiger partial charge in [0, 0.05) is 47.4 Å². The third kappa shape index (κ3) is 8.06. The van der Waals surface area contributed by atoms with Gasteiger partial charge in [0.05, 0.1) is 16.2 Å². The molecule has 2 N–H and O–H groups in total. The maximum atomic E-state index is 13.7. The molecule has 1 saturated heterocycles. The second kappa shape index (κ2) is 13.9. The fourth-order valence-electron chi connectivity index (χ4n) is 5.82. The van der Waals surface area contributed by atoms with Crippen molar-refractivity contribution >= 4 is 38.4 Å². The van der Waals surface area contributed by atoms with E-state index in [2.05, 4.69) is 15.2 Å². The molecule has 4 aromatic rings. The van der Waals surface area contributed by atoms with Crippen LogP contribution >= 0.6 is 0 Å². The number of nitrogens with zero attached hydrogens (tertiary/aromatic N) is 1. The Bertz CT molecular complexity index is 1880. The first-order valence-electron chi connectivity index (χ1n) is 14.7. The predicted octanol–water partition coefficient (Wildman–Crippen LogP) is 7.04. The van der Waals surface area contributed by atoms with Crippen LogP contribution in [-0.2, 0) is 26.6 Å². The van der Waals surface area contributed by atoms with Gasteiger partial charge in [0.1, 0.15) is 0 Å². The van der Waals surface area contributed by atoms with Crippen LogP contribution in [0.2, 0.25) is 0 Å². The van der Waals surface area contributed by atoms with Gasteiger partial charge < -0.3 is 15.2 Å². The number of carbonyl (C=O) groups is 1. The van der Waals surface area contributed by atoms with Crippen LogP contribution < -0.4 is 15.8 Å². The van der Waals surface area contributed by atoms with Gasteiger partial charge in [-0.15, -0.1) is 0 Å². The minimum Gasteiger partial charge on any atom is -0.366 e. The molecule has 3 aromatic carbocycles. The summed E-state index contributed by atoms with van der Waals surface area (Å²) in [6, 6.07) is 19.1. The molecule has 1 fully saturated rings. The van der Waals surface area contributed by atoms with Gasteiger partial charge >= 0.3 is 6.18 Å². The standard InChI is InChI=1S/C34H34F3N3O4S.CH4/c1-22-3-6-25(7-4-22)21-45(43,44)28-13-8-24(9-14-28)10-16-32(41)38-18-17-26-11-5-23(2)40(26)27-12-15-31-29(19-27)30(34(35,36)37)20-33(42)39-31;/h3-4,6-10,12-16,19-20,23,26H,5,11,17-18,21H2,1-2H3,(H,38,41)(H,39,42);1H4/b16-10+;/t23-,26-;/m1./s1. The molecule has 0 saturated carbocycles. The topological polar surface area (TPSA) is 99.3 Å². The Labute approximate surface area is 267 Å². The number of nitrogens with one attached hydrogen (secondary N) is 2. The zero-order valence-electron chi connectivity index (χ0n) is 24.9. The Morgan fingerprint density at radius 3 is 2.39 bits per heavy atom. The second-order valence-corrected chi connectivity index (χ2v) is 13.5. The van der Waals surface area contributed by atoms with Crippen molar-refractivity contribution in [3.05, 3.63) is 111 Å². The smallest absolute Gasteiger partial charge is 0.366 e. The lowest BCUT2D eigenvalue weighted by atomic mass is 10.1. The molecule has 2 heterocycles. The minimum atomic E-state index is -4.67. The lowest BCUT2D eigenvalue weighted by molar-refractivity contribution is -0.136. The number of amides is 1. The van der Waals surface area contributed by atoms with E-state index in [1.807, 2.05) is 26.0 Å². The highest BCUT2D eigenvalue weighted by molar-refractivity contribution is 7.90. The van der Waals surface area contributed by atoms with E-state index in [0.29, 0.717) is 35.8 Å². The maximum Gasteiger partial charge on any atom is 0.417 e. The number of hydrogen-bond acceptors (Lipinski definition) is 5. The summed E-state index contributed by atoms with van der Waals surface area (Å²) in [5, 5.41) is 2.80. The van der Waals surface area contributed by atoms with Crippen molar-refractivity contribution < 1.29 is 26.4 Å². The van der Waals surface area contributed by atoms with Crippen molar-refractivity contribution in [1.29, 1.82) is 0 Å². The molecule has 7 nitrogen and oxygen atoms in total. The van der Waals surface area contributed by atoms with E-state index < -0.39 is 27.1 Å². The van der Waals surface area contributed by atoms with Gasteiger partial charge in [-0.05, 0) is 80.6 Å². The van der Waals surface area contributed by atoms with E-state index in [1.165, 1.54) is 30.3 Å². The van der Waals surface area contributed by atoms with Crippen LogP contribution in [0.5, 0.6) is 0 Å². The Hall–Kier alpha value is -4.38. The van der Waals surface area contributed by atoms with Crippen molar-refractivity contribution in [1.82, 2.24) is 10.3 Å². The van der Waals surface area contributed by atoms with E-state index in [4.69, 9.17) is 0 Å². The van der Waals surface area contributed by atoms with E-state index in [9.17, 15) is 31.2 Å². The largest absolute Gasteiger partial charge is 0.417 e. The molecule has 1 aromatic heterocycles. The van der Waals surface area contributed by atoms with Crippen molar-refractivity contribution in [3.63, 3.8) is 0 Å². The number of aromatic amines is 1. The molecule has 1 amide bonds. The van der Waals surface area contributed by atoms with Gasteiger partial charge in [-0.2, -0.15) is 13.2 Å². The number of benzene rings is 3. The number of alkyl halides is 3. The monoisotopic (exact) mass is 653 g/mol. The summed E-state index contributed by atoms with van der Waals surface area (Å²) in [4.78, 5) is 29.1. The second-order valence-electron chi connectivity index (χ2n) is 11.5. The zero-order valence-corrected chi connectivity index (χ0v) is 25.7. The van der Waals surface area contributed by atoms with Crippen molar-refractivity contribution in [2.24, 2.45) is 0 Å². The normalized spacial score (nSPS) is 16.9. The van der Waals surface area contributed by atoms with Crippen molar-refractivity contribution in [2.45, 2.75) is 69.4 Å². The number of aromatic nitrogens is 1. The summed E-state index contributed by atoms with van der Waals surface area (Å²) in [6.07, 6.45) is 0.585. The number of carbonyl (C=O) groups excluding carboxylic acids is 1. The third-order valence-corrected chi connectivity index (χ3v) is 9.84. The van der Waals surface area contributed by atoms with Crippen LogP contribution in [0.3, 0.4) is 0 Å². The Balaban J connectivity index is 0.00000480. The minimum absolute atomic E-state index is 0. The molecule has 11 heteroatoms. The summed E-state index contributed by atoms with van der Waals surface area (Å²) in [5.74, 6) is -0.411. The average Bonchev–Trinajstić information content (AvgIpc) is 3.36. The van der Waals surface area contributed by atoms with Crippen LogP contribution in [-0.4, -0.2) is 37.9 Å². The lowest BCUT2D eigenvalue weighted by Crippen LogP contribution is -2.37. The number of H-pyrrole nitrogens is 1. The number of fused-ring (bicyclic) bond motifs is 1. The van der Waals surface area contributed by atoms with Crippen LogP contribution in [0.25, 0.3) is 17.0 Å². The number of anilines is 1. The first-order chi connectivity index (χ1) is 21.3. The number of rotatable bonds is 9. The highest BCUT2D eigenvalue weighted by Gasteiger charge is 2.35. The van der Waals surface area contributed by atoms with Gasteiger partial charge in [0.2, 0.25) is 11.5 Å². The molecular formula is C35H38F3N3O4S. The van der Waals surface area contributed by atoms with Crippen LogP contribution in [0, 0.1) is 6.92 Å². The van der Waals surface area contributed by atoms with E-state index in [0.717, 1.165) is 18.4 Å². The molecule has 0 spiro atoms. The Morgan fingerprint density at radius 2 is 1.72 bits per heavy atom. The van der Waals surface area contributed by atoms with Gasteiger partial charge in [-0.25, -0.2) is 8.42 Å². The molecule has 1 aliphatic rings. The Kier molecular flexibility index (Phi) is 10.5. The highest BCUT2D eigenvalue weighted by Crippen LogP contribution is 2.37. The first kappa shape index (κ1) is 34.5. The van der Waals surface area contributed by atoms with Gasteiger partial charge in [0.15, 0.2) is 9.84 Å². The van der Waals surface area contributed by atoms with Gasteiger partial charge in [-0.3, -0.25) is 9.59 Å². The molecule has 0 bridgehead atoms. The zero-order chi connectivity index (χ0) is 32.4. The molecule has 2 atom stereocenters. The summed E-state index contributed by atoms with van der Waals surface area (Å²) >= 11 is 0. The van der Waals surface area contributed by atoms with E-state index >= 15 is 0 Å².